The van der Waals surface area contributed by atoms with Crippen LogP contribution in [0.2, 0.25) is 5.02 Å². The van der Waals surface area contributed by atoms with Gasteiger partial charge in [-0.3, -0.25) is 9.59 Å². The zero-order valence-electron chi connectivity index (χ0n) is 17.0. The molecule has 2 amide bonds. The largest absolute Gasteiger partial charge is 0.419 e. The van der Waals surface area contributed by atoms with Crippen molar-refractivity contribution in [2.75, 3.05) is 18.4 Å². The molecule has 3 aromatic rings. The molecule has 1 aromatic heterocycles. The van der Waals surface area contributed by atoms with Crippen molar-refractivity contribution in [2.45, 2.75) is 18.9 Å². The lowest BCUT2D eigenvalue weighted by Crippen LogP contribution is -2.45. The van der Waals surface area contributed by atoms with Gasteiger partial charge in [0, 0.05) is 23.8 Å². The second-order valence-corrected chi connectivity index (χ2v) is 7.78. The van der Waals surface area contributed by atoms with E-state index in [1.165, 1.54) is 18.2 Å². The summed E-state index contributed by atoms with van der Waals surface area (Å²) < 4.78 is 19.8. The third-order valence-corrected chi connectivity index (χ3v) is 5.39. The third kappa shape index (κ3) is 4.74. The first-order valence-corrected chi connectivity index (χ1v) is 10.4. The maximum Gasteiger partial charge on any atom is 0.273 e. The van der Waals surface area contributed by atoms with Crippen LogP contribution >= 0.6 is 11.6 Å². The molecule has 0 spiro atoms. The Hall–Kier alpha value is -3.43. The average molecular weight is 458 g/mol. The molecule has 0 radical (unpaired) electrons. The summed E-state index contributed by atoms with van der Waals surface area (Å²) in [4.78, 5) is 28.3. The van der Waals surface area contributed by atoms with Crippen LogP contribution in [0.15, 0.2) is 46.9 Å². The van der Waals surface area contributed by atoms with Crippen LogP contribution in [0.5, 0.6) is 0 Å². The summed E-state index contributed by atoms with van der Waals surface area (Å²) in [7, 11) is 0. The van der Waals surface area contributed by atoms with Crippen molar-refractivity contribution in [3.05, 3.63) is 64.6 Å². The van der Waals surface area contributed by atoms with Crippen molar-refractivity contribution >= 4 is 35.0 Å². The molecule has 2 aromatic carbocycles. The number of halogens is 2. The van der Waals surface area contributed by atoms with Crippen molar-refractivity contribution in [3.63, 3.8) is 0 Å². The van der Waals surface area contributed by atoms with Gasteiger partial charge < -0.3 is 26.1 Å². The maximum atomic E-state index is 14.2. The quantitative estimate of drug-likeness (QED) is 0.449. The molecule has 1 fully saturated rings. The van der Waals surface area contributed by atoms with Crippen LogP contribution in [-0.4, -0.2) is 35.9 Å². The number of hydrogen-bond donors (Lipinski definition) is 4. The van der Waals surface area contributed by atoms with Crippen LogP contribution in [0, 0.1) is 5.82 Å². The van der Waals surface area contributed by atoms with Crippen LogP contribution < -0.4 is 21.7 Å². The molecule has 2 heterocycles. The first-order chi connectivity index (χ1) is 15.4. The van der Waals surface area contributed by atoms with E-state index in [2.05, 4.69) is 20.9 Å². The second-order valence-electron chi connectivity index (χ2n) is 7.38. The molecule has 0 saturated carbocycles. The van der Waals surface area contributed by atoms with Gasteiger partial charge in [-0.2, -0.15) is 0 Å². The summed E-state index contributed by atoms with van der Waals surface area (Å²) in [6.07, 6.45) is 1.96. The third-order valence-electron chi connectivity index (χ3n) is 5.07. The van der Waals surface area contributed by atoms with E-state index in [4.69, 9.17) is 21.8 Å². The number of amides is 2. The number of aromatic nitrogens is 1. The lowest BCUT2D eigenvalue weighted by Gasteiger charge is -2.23. The topological polar surface area (TPSA) is 122 Å². The second kappa shape index (κ2) is 9.37. The molecule has 1 aliphatic rings. The fraction of sp³-hybridized carbons (Fsp3) is 0.227. The van der Waals surface area contributed by atoms with Gasteiger partial charge in [0.15, 0.2) is 5.69 Å². The van der Waals surface area contributed by atoms with E-state index >= 15 is 0 Å². The van der Waals surface area contributed by atoms with E-state index < -0.39 is 11.7 Å². The van der Waals surface area contributed by atoms with E-state index in [9.17, 15) is 14.0 Å². The van der Waals surface area contributed by atoms with Gasteiger partial charge in [0.2, 0.25) is 11.8 Å². The van der Waals surface area contributed by atoms with Crippen LogP contribution in [0.3, 0.4) is 0 Å². The number of rotatable bonds is 6. The number of carbonyl (C=O) groups is 2. The highest BCUT2D eigenvalue weighted by atomic mass is 35.5. The van der Waals surface area contributed by atoms with Gasteiger partial charge in [0.1, 0.15) is 5.82 Å². The number of primary amides is 1. The number of nitrogens with two attached hydrogens (primary N) is 1. The summed E-state index contributed by atoms with van der Waals surface area (Å²) in [5.74, 6) is -1.91. The predicted octanol–water partition coefficient (Wildman–Crippen LogP) is 3.46. The van der Waals surface area contributed by atoms with E-state index in [0.717, 1.165) is 25.9 Å². The number of benzene rings is 2. The summed E-state index contributed by atoms with van der Waals surface area (Å²) >= 11 is 6.06. The fourth-order valence-corrected chi connectivity index (χ4v) is 3.70. The van der Waals surface area contributed by atoms with Crippen LogP contribution in [0.1, 0.15) is 33.7 Å². The highest BCUT2D eigenvalue weighted by molar-refractivity contribution is 6.33. The van der Waals surface area contributed by atoms with Gasteiger partial charge in [0.05, 0.1) is 10.6 Å². The molecule has 0 aliphatic carbocycles. The van der Waals surface area contributed by atoms with Gasteiger partial charge in [0.25, 0.3) is 11.8 Å². The Morgan fingerprint density at radius 2 is 2.00 bits per heavy atom. The number of carbonyl (C=O) groups excluding carboxylic acids is 2. The van der Waals surface area contributed by atoms with Crippen molar-refractivity contribution in [2.24, 2.45) is 5.73 Å². The number of hydrogen-bond acceptors (Lipinski definition) is 6. The minimum absolute atomic E-state index is 0.0581. The van der Waals surface area contributed by atoms with Crippen LogP contribution in [-0.2, 0) is 0 Å². The zero-order valence-corrected chi connectivity index (χ0v) is 17.7. The van der Waals surface area contributed by atoms with Crippen molar-refractivity contribution in [1.29, 1.82) is 0 Å². The first kappa shape index (κ1) is 21.8. The van der Waals surface area contributed by atoms with Gasteiger partial charge in [-0.25, -0.2) is 9.37 Å². The molecule has 10 heteroatoms. The predicted molar refractivity (Wildman–Crippen MR) is 119 cm³/mol. The number of anilines is 2. The molecule has 5 N–H and O–H groups in total. The van der Waals surface area contributed by atoms with Crippen LogP contribution in [0.25, 0.3) is 11.5 Å². The summed E-state index contributed by atoms with van der Waals surface area (Å²) in [5.41, 5.74) is 6.14. The van der Waals surface area contributed by atoms with E-state index in [1.54, 1.807) is 24.3 Å². The molecule has 166 valence electrons. The van der Waals surface area contributed by atoms with E-state index in [0.29, 0.717) is 11.3 Å². The molecule has 8 nitrogen and oxygen atoms in total. The summed E-state index contributed by atoms with van der Waals surface area (Å²) in [6, 6.07) is 10.8. The van der Waals surface area contributed by atoms with Gasteiger partial charge in [-0.15, -0.1) is 0 Å². The molecule has 0 bridgehead atoms. The minimum Gasteiger partial charge on any atom is -0.419 e. The van der Waals surface area contributed by atoms with Crippen molar-refractivity contribution < 1.29 is 18.4 Å². The number of oxazole rings is 1. The lowest BCUT2D eigenvalue weighted by molar-refractivity contribution is 0.0929. The summed E-state index contributed by atoms with van der Waals surface area (Å²) in [6.45, 7) is 1.72. The zero-order chi connectivity index (χ0) is 22.7. The molecular formula is C22H21ClFN5O3. The molecule has 1 atom stereocenters. The van der Waals surface area contributed by atoms with Crippen molar-refractivity contribution in [3.8, 4) is 11.5 Å². The summed E-state index contributed by atoms with van der Waals surface area (Å²) in [5, 5.41) is 9.23. The smallest absolute Gasteiger partial charge is 0.273 e. The van der Waals surface area contributed by atoms with Gasteiger partial charge in [-0.05, 0) is 55.8 Å². The Balaban J connectivity index is 1.53. The maximum absolute atomic E-state index is 14.2. The monoisotopic (exact) mass is 457 g/mol. The standard InChI is InChI=1S/C22H21ClFN5O3/c23-15-4-1-5-16(24)17(15)21-29-18(19(25)30)22(32-21)28-13-8-6-12(7-9-13)20(31)27-14-3-2-10-26-11-14/h1,4-9,14,26,28H,2-3,10-11H2,(H2,25,30)(H,27,31)/t14-/m0/s1. The van der Waals surface area contributed by atoms with Crippen LogP contribution in [0.4, 0.5) is 16.0 Å². The molecule has 1 aliphatic heterocycles. The Morgan fingerprint density at radius 3 is 2.66 bits per heavy atom. The SMILES string of the molecule is NC(=O)c1nc(-c2c(F)cccc2Cl)oc1Nc1ccc(C(=O)N[C@H]2CCCNC2)cc1. The minimum atomic E-state index is -0.855. The molecule has 4 rings (SSSR count). The number of nitrogens with zero attached hydrogens (tertiary/aromatic N) is 1. The molecular weight excluding hydrogens is 437 g/mol. The van der Waals surface area contributed by atoms with E-state index in [-0.39, 0.29) is 40.0 Å². The average Bonchev–Trinajstić information content (AvgIpc) is 3.18. The Morgan fingerprint density at radius 1 is 1.22 bits per heavy atom. The van der Waals surface area contributed by atoms with Crippen molar-refractivity contribution in [1.82, 2.24) is 15.6 Å². The Kier molecular flexibility index (Phi) is 6.38. The molecule has 1 saturated heterocycles. The fourth-order valence-electron chi connectivity index (χ4n) is 3.46. The normalized spacial score (nSPS) is 15.9. The number of nitrogens with one attached hydrogen (secondary N) is 3. The lowest BCUT2D eigenvalue weighted by atomic mass is 10.1. The number of piperidine rings is 1. The van der Waals surface area contributed by atoms with Gasteiger partial charge in [-0.1, -0.05) is 17.7 Å². The Labute approximate surface area is 188 Å². The van der Waals surface area contributed by atoms with Gasteiger partial charge >= 0.3 is 0 Å². The van der Waals surface area contributed by atoms with E-state index in [1.807, 2.05) is 0 Å². The Bertz CT molecular complexity index is 1120. The molecule has 0 unspecified atom stereocenters. The highest BCUT2D eigenvalue weighted by Gasteiger charge is 2.23. The molecule has 32 heavy (non-hydrogen) atoms. The first-order valence-electron chi connectivity index (χ1n) is 10.1. The highest BCUT2D eigenvalue weighted by Crippen LogP contribution is 2.34.